The van der Waals surface area contributed by atoms with Crippen molar-refractivity contribution in [1.82, 2.24) is 4.98 Å². The summed E-state index contributed by atoms with van der Waals surface area (Å²) in [6.07, 6.45) is 7.24. The normalized spacial score (nSPS) is 16.2. The van der Waals surface area contributed by atoms with E-state index >= 15 is 0 Å². The van der Waals surface area contributed by atoms with E-state index in [4.69, 9.17) is 5.73 Å². The van der Waals surface area contributed by atoms with E-state index in [1.165, 1.54) is 6.92 Å². The monoisotopic (exact) mass is 332 g/mol. The molecule has 1 heterocycles. The highest BCUT2D eigenvalue weighted by atomic mass is 16.1. The standard InChI is InChI=1S/C20H20N4O/c1-13(25)23-16-9-5-8-15(10-16)19-11-17(14-6-3-2-4-7-14)18(12-21)20(22)24-19/h2-3,5,8-11,14H,4,6-7H2,1H3,(H2,22,24)(H,23,25). The van der Waals surface area contributed by atoms with E-state index < -0.39 is 0 Å². The second kappa shape index (κ2) is 7.18. The molecule has 25 heavy (non-hydrogen) atoms. The predicted molar refractivity (Wildman–Crippen MR) is 98.8 cm³/mol. The van der Waals surface area contributed by atoms with Crippen LogP contribution in [0.2, 0.25) is 0 Å². The van der Waals surface area contributed by atoms with Gasteiger partial charge in [0.25, 0.3) is 0 Å². The lowest BCUT2D eigenvalue weighted by molar-refractivity contribution is -0.114. The molecule has 0 fully saturated rings. The van der Waals surface area contributed by atoms with Gasteiger partial charge in [0, 0.05) is 18.2 Å². The van der Waals surface area contributed by atoms with Crippen molar-refractivity contribution in [3.8, 4) is 17.3 Å². The van der Waals surface area contributed by atoms with Crippen LogP contribution in [-0.4, -0.2) is 10.9 Å². The van der Waals surface area contributed by atoms with E-state index in [2.05, 4.69) is 28.5 Å². The van der Waals surface area contributed by atoms with E-state index in [-0.39, 0.29) is 17.6 Å². The second-order valence-electron chi connectivity index (χ2n) is 6.21. The van der Waals surface area contributed by atoms with Gasteiger partial charge in [0.15, 0.2) is 0 Å². The first-order valence-electron chi connectivity index (χ1n) is 8.32. The fraction of sp³-hybridized carbons (Fsp3) is 0.250. The zero-order valence-electron chi connectivity index (χ0n) is 14.1. The summed E-state index contributed by atoms with van der Waals surface area (Å²) >= 11 is 0. The van der Waals surface area contributed by atoms with Gasteiger partial charge in [0.05, 0.1) is 11.3 Å². The molecule has 5 heteroatoms. The Labute approximate surface area is 147 Å². The van der Waals surface area contributed by atoms with Gasteiger partial charge in [-0.1, -0.05) is 24.3 Å². The SMILES string of the molecule is CC(=O)Nc1cccc(-c2cc(C3CC=CCC3)c(C#N)c(N)n2)c1. The fourth-order valence-electron chi connectivity index (χ4n) is 3.21. The summed E-state index contributed by atoms with van der Waals surface area (Å²) in [7, 11) is 0. The Morgan fingerprint density at radius 3 is 2.88 bits per heavy atom. The van der Waals surface area contributed by atoms with Crippen molar-refractivity contribution in [3.05, 3.63) is 53.6 Å². The van der Waals surface area contributed by atoms with E-state index in [9.17, 15) is 10.1 Å². The molecule has 0 spiro atoms. The summed E-state index contributed by atoms with van der Waals surface area (Å²) in [5.74, 6) is 0.413. The number of benzene rings is 1. The van der Waals surface area contributed by atoms with Gasteiger partial charge in [-0.25, -0.2) is 4.98 Å². The molecule has 1 atom stereocenters. The highest BCUT2D eigenvalue weighted by Crippen LogP contribution is 2.35. The Kier molecular flexibility index (Phi) is 4.80. The molecule has 3 rings (SSSR count). The molecule has 1 unspecified atom stereocenters. The number of carbonyl (C=O) groups excluding carboxylic acids is 1. The van der Waals surface area contributed by atoms with Gasteiger partial charge in [-0.15, -0.1) is 0 Å². The zero-order valence-corrected chi connectivity index (χ0v) is 14.1. The maximum Gasteiger partial charge on any atom is 0.221 e. The van der Waals surface area contributed by atoms with E-state index in [0.717, 1.165) is 30.4 Å². The minimum atomic E-state index is -0.126. The van der Waals surface area contributed by atoms with Gasteiger partial charge in [0.1, 0.15) is 11.9 Å². The first kappa shape index (κ1) is 16.7. The number of aromatic nitrogens is 1. The number of nitrogens with one attached hydrogen (secondary N) is 1. The average molecular weight is 332 g/mol. The Bertz CT molecular complexity index is 880. The maximum absolute atomic E-state index is 11.3. The summed E-state index contributed by atoms with van der Waals surface area (Å²) in [5, 5.41) is 12.3. The van der Waals surface area contributed by atoms with Crippen LogP contribution in [0.5, 0.6) is 0 Å². The summed E-state index contributed by atoms with van der Waals surface area (Å²) in [6.45, 7) is 1.47. The largest absolute Gasteiger partial charge is 0.383 e. The highest BCUT2D eigenvalue weighted by Gasteiger charge is 2.20. The molecule has 0 saturated heterocycles. The van der Waals surface area contributed by atoms with Crippen LogP contribution in [0.15, 0.2) is 42.5 Å². The summed E-state index contributed by atoms with van der Waals surface area (Å²) in [4.78, 5) is 15.7. The van der Waals surface area contributed by atoms with Crippen LogP contribution >= 0.6 is 0 Å². The number of nitriles is 1. The van der Waals surface area contributed by atoms with E-state index in [1.54, 1.807) is 0 Å². The molecule has 0 radical (unpaired) electrons. The van der Waals surface area contributed by atoms with Gasteiger partial charge in [-0.05, 0) is 48.9 Å². The van der Waals surface area contributed by atoms with Crippen molar-refractivity contribution in [2.24, 2.45) is 0 Å². The fourth-order valence-corrected chi connectivity index (χ4v) is 3.21. The number of rotatable bonds is 3. The number of nitrogens with two attached hydrogens (primary N) is 1. The van der Waals surface area contributed by atoms with Crippen molar-refractivity contribution in [1.29, 1.82) is 5.26 Å². The number of anilines is 2. The second-order valence-corrected chi connectivity index (χ2v) is 6.21. The number of nitrogen functional groups attached to an aromatic ring is 1. The van der Waals surface area contributed by atoms with Gasteiger partial charge >= 0.3 is 0 Å². The summed E-state index contributed by atoms with van der Waals surface area (Å²) in [5.41, 5.74) is 9.78. The number of nitrogens with zero attached hydrogens (tertiary/aromatic N) is 2. The number of allylic oxidation sites excluding steroid dienone is 2. The molecule has 0 aliphatic heterocycles. The molecule has 126 valence electrons. The maximum atomic E-state index is 11.3. The Morgan fingerprint density at radius 2 is 2.20 bits per heavy atom. The van der Waals surface area contributed by atoms with Crippen molar-refractivity contribution in [2.45, 2.75) is 32.1 Å². The lowest BCUT2D eigenvalue weighted by atomic mass is 9.85. The van der Waals surface area contributed by atoms with Crippen LogP contribution in [0.25, 0.3) is 11.3 Å². The predicted octanol–water partition coefficient (Wildman–Crippen LogP) is 3.98. The van der Waals surface area contributed by atoms with Crippen molar-refractivity contribution in [3.63, 3.8) is 0 Å². The summed E-state index contributed by atoms with van der Waals surface area (Å²) in [6, 6.07) is 11.6. The van der Waals surface area contributed by atoms with Gasteiger partial charge in [-0.3, -0.25) is 4.79 Å². The van der Waals surface area contributed by atoms with E-state index in [1.807, 2.05) is 30.3 Å². The number of carbonyl (C=O) groups is 1. The van der Waals surface area contributed by atoms with Crippen molar-refractivity contribution < 1.29 is 4.79 Å². The van der Waals surface area contributed by atoms with E-state index in [0.29, 0.717) is 16.9 Å². The van der Waals surface area contributed by atoms with Crippen molar-refractivity contribution >= 4 is 17.4 Å². The first-order chi connectivity index (χ1) is 12.1. The third-order valence-electron chi connectivity index (χ3n) is 4.38. The minimum Gasteiger partial charge on any atom is -0.383 e. The molecule has 1 aromatic heterocycles. The minimum absolute atomic E-state index is 0.126. The highest BCUT2D eigenvalue weighted by molar-refractivity contribution is 5.89. The van der Waals surface area contributed by atoms with Crippen LogP contribution in [0.3, 0.4) is 0 Å². The average Bonchev–Trinajstić information content (AvgIpc) is 2.61. The zero-order chi connectivity index (χ0) is 17.8. The molecule has 1 amide bonds. The number of hydrogen-bond acceptors (Lipinski definition) is 4. The molecule has 2 aromatic rings. The number of amides is 1. The molecule has 0 bridgehead atoms. The quantitative estimate of drug-likeness (QED) is 0.831. The van der Waals surface area contributed by atoms with Crippen LogP contribution in [0, 0.1) is 11.3 Å². The van der Waals surface area contributed by atoms with Gasteiger partial charge in [-0.2, -0.15) is 5.26 Å². The lowest BCUT2D eigenvalue weighted by Crippen LogP contribution is -2.08. The topological polar surface area (TPSA) is 91.8 Å². The molecular formula is C20H20N4O. The van der Waals surface area contributed by atoms with Crippen LogP contribution in [-0.2, 0) is 4.79 Å². The number of hydrogen-bond donors (Lipinski definition) is 2. The van der Waals surface area contributed by atoms with Crippen LogP contribution in [0.1, 0.15) is 43.2 Å². The molecular weight excluding hydrogens is 312 g/mol. The molecule has 1 aliphatic carbocycles. The Hall–Kier alpha value is -3.13. The van der Waals surface area contributed by atoms with Gasteiger partial charge < -0.3 is 11.1 Å². The summed E-state index contributed by atoms with van der Waals surface area (Å²) < 4.78 is 0. The third-order valence-corrected chi connectivity index (χ3v) is 4.38. The lowest BCUT2D eigenvalue weighted by Gasteiger charge is -2.21. The Balaban J connectivity index is 2.05. The Morgan fingerprint density at radius 1 is 1.36 bits per heavy atom. The molecule has 5 nitrogen and oxygen atoms in total. The van der Waals surface area contributed by atoms with Crippen LogP contribution < -0.4 is 11.1 Å². The van der Waals surface area contributed by atoms with Gasteiger partial charge in [0.2, 0.25) is 5.91 Å². The van der Waals surface area contributed by atoms with Crippen LogP contribution in [0.4, 0.5) is 11.5 Å². The molecule has 1 aromatic carbocycles. The molecule has 1 aliphatic rings. The molecule has 3 N–H and O–H groups in total. The van der Waals surface area contributed by atoms with Crippen molar-refractivity contribution in [2.75, 3.05) is 11.1 Å². The smallest absolute Gasteiger partial charge is 0.221 e. The number of pyridine rings is 1. The molecule has 0 saturated carbocycles. The first-order valence-corrected chi connectivity index (χ1v) is 8.32. The third kappa shape index (κ3) is 3.69.